The summed E-state index contributed by atoms with van der Waals surface area (Å²) in [5.41, 5.74) is 5.76. The van der Waals surface area contributed by atoms with E-state index in [4.69, 9.17) is 10.5 Å². The number of carbonyl (C=O) groups excluding carboxylic acids is 2. The molecule has 0 aliphatic heterocycles. The van der Waals surface area contributed by atoms with Gasteiger partial charge in [0.2, 0.25) is 5.91 Å². The Morgan fingerprint density at radius 1 is 1.35 bits per heavy atom. The SMILES string of the molecule is CNC(=O)COc1cccc(NC(=O)CN)c1. The smallest absolute Gasteiger partial charge is 0.257 e. The zero-order chi connectivity index (χ0) is 12.7. The minimum atomic E-state index is -0.284. The number of nitrogens with two attached hydrogens (primary N) is 1. The molecule has 4 N–H and O–H groups in total. The van der Waals surface area contributed by atoms with Crippen LogP contribution in [-0.4, -0.2) is 32.0 Å². The molecule has 1 rings (SSSR count). The average molecular weight is 237 g/mol. The average Bonchev–Trinajstić information content (AvgIpc) is 2.36. The number of rotatable bonds is 5. The van der Waals surface area contributed by atoms with Gasteiger partial charge in [-0.15, -0.1) is 0 Å². The molecule has 0 unspecified atom stereocenters. The lowest BCUT2D eigenvalue weighted by atomic mass is 10.3. The van der Waals surface area contributed by atoms with Crippen LogP contribution in [0.5, 0.6) is 5.75 Å². The number of carbonyl (C=O) groups is 2. The second kappa shape index (κ2) is 6.49. The molecule has 0 bridgehead atoms. The molecule has 1 aromatic carbocycles. The number of hydrogen-bond acceptors (Lipinski definition) is 4. The van der Waals surface area contributed by atoms with Crippen LogP contribution in [0.15, 0.2) is 24.3 Å². The summed E-state index contributed by atoms with van der Waals surface area (Å²) in [7, 11) is 1.53. The normalized spacial score (nSPS) is 9.53. The summed E-state index contributed by atoms with van der Waals surface area (Å²) in [6, 6.07) is 6.74. The molecule has 17 heavy (non-hydrogen) atoms. The third kappa shape index (κ3) is 4.52. The molecule has 2 amide bonds. The van der Waals surface area contributed by atoms with Crippen LogP contribution in [0.25, 0.3) is 0 Å². The van der Waals surface area contributed by atoms with Gasteiger partial charge in [0.15, 0.2) is 6.61 Å². The number of anilines is 1. The highest BCUT2D eigenvalue weighted by molar-refractivity contribution is 5.92. The maximum Gasteiger partial charge on any atom is 0.257 e. The fourth-order valence-corrected chi connectivity index (χ4v) is 1.10. The summed E-state index contributed by atoms with van der Waals surface area (Å²) >= 11 is 0. The van der Waals surface area contributed by atoms with E-state index in [0.29, 0.717) is 11.4 Å². The van der Waals surface area contributed by atoms with Gasteiger partial charge in [0.1, 0.15) is 5.75 Å². The van der Waals surface area contributed by atoms with E-state index in [0.717, 1.165) is 0 Å². The van der Waals surface area contributed by atoms with E-state index < -0.39 is 0 Å². The lowest BCUT2D eigenvalue weighted by Crippen LogP contribution is -2.25. The standard InChI is InChI=1S/C11H15N3O3/c1-13-11(16)7-17-9-4-2-3-8(5-9)14-10(15)6-12/h2-5H,6-7,12H2,1H3,(H,13,16)(H,14,15). The van der Waals surface area contributed by atoms with Gasteiger partial charge in [0.25, 0.3) is 5.91 Å². The third-order valence-electron chi connectivity index (χ3n) is 1.95. The molecule has 0 saturated heterocycles. The molecule has 0 atom stereocenters. The Morgan fingerprint density at radius 2 is 2.12 bits per heavy atom. The topological polar surface area (TPSA) is 93.5 Å². The molecule has 0 fully saturated rings. The van der Waals surface area contributed by atoms with E-state index >= 15 is 0 Å². The number of amides is 2. The molecule has 0 aromatic heterocycles. The number of likely N-dealkylation sites (N-methyl/N-ethyl adjacent to an activating group) is 1. The van der Waals surface area contributed by atoms with Crippen molar-refractivity contribution in [1.82, 2.24) is 5.32 Å². The van der Waals surface area contributed by atoms with Crippen LogP contribution in [0.3, 0.4) is 0 Å². The fraction of sp³-hybridized carbons (Fsp3) is 0.273. The molecule has 0 heterocycles. The van der Waals surface area contributed by atoms with E-state index in [2.05, 4.69) is 10.6 Å². The van der Waals surface area contributed by atoms with Crippen molar-refractivity contribution in [3.63, 3.8) is 0 Å². The van der Waals surface area contributed by atoms with Crippen LogP contribution in [0, 0.1) is 0 Å². The van der Waals surface area contributed by atoms with Crippen molar-refractivity contribution in [3.8, 4) is 5.75 Å². The highest BCUT2D eigenvalue weighted by atomic mass is 16.5. The molecular weight excluding hydrogens is 222 g/mol. The quantitative estimate of drug-likeness (QED) is 0.656. The summed E-state index contributed by atoms with van der Waals surface area (Å²) in [6.07, 6.45) is 0. The number of benzene rings is 1. The Hall–Kier alpha value is -2.08. The van der Waals surface area contributed by atoms with E-state index in [1.807, 2.05) is 0 Å². The summed E-state index contributed by atoms with van der Waals surface area (Å²) in [5, 5.41) is 5.03. The molecule has 0 aliphatic rings. The number of ether oxygens (including phenoxy) is 1. The first kappa shape index (κ1) is 13.0. The van der Waals surface area contributed by atoms with Gasteiger partial charge in [-0.1, -0.05) is 6.07 Å². The minimum Gasteiger partial charge on any atom is -0.484 e. The van der Waals surface area contributed by atoms with Crippen LogP contribution in [0.4, 0.5) is 5.69 Å². The molecule has 92 valence electrons. The maximum atomic E-state index is 11.1. The van der Waals surface area contributed by atoms with Crippen molar-refractivity contribution in [1.29, 1.82) is 0 Å². The molecule has 0 spiro atoms. The van der Waals surface area contributed by atoms with Gasteiger partial charge in [-0.05, 0) is 12.1 Å². The van der Waals surface area contributed by atoms with Crippen LogP contribution in [-0.2, 0) is 9.59 Å². The molecule has 1 aromatic rings. The molecule has 0 aliphatic carbocycles. The highest BCUT2D eigenvalue weighted by Gasteiger charge is 2.02. The molecule has 0 radical (unpaired) electrons. The van der Waals surface area contributed by atoms with E-state index in [1.54, 1.807) is 24.3 Å². The Bertz CT molecular complexity index is 407. The van der Waals surface area contributed by atoms with E-state index in [9.17, 15) is 9.59 Å². The van der Waals surface area contributed by atoms with Crippen LogP contribution in [0.2, 0.25) is 0 Å². The Morgan fingerprint density at radius 3 is 2.76 bits per heavy atom. The molecule has 0 saturated carbocycles. The molecule has 6 heteroatoms. The number of hydrogen-bond donors (Lipinski definition) is 3. The van der Waals surface area contributed by atoms with E-state index in [1.165, 1.54) is 7.05 Å². The van der Waals surface area contributed by atoms with Gasteiger partial charge in [0.05, 0.1) is 6.54 Å². The first-order chi connectivity index (χ1) is 8.15. The lowest BCUT2D eigenvalue weighted by Gasteiger charge is -2.08. The zero-order valence-electron chi connectivity index (χ0n) is 9.53. The highest BCUT2D eigenvalue weighted by Crippen LogP contribution is 2.16. The molecular formula is C11H15N3O3. The van der Waals surface area contributed by atoms with Gasteiger partial charge >= 0.3 is 0 Å². The summed E-state index contributed by atoms with van der Waals surface area (Å²) in [6.45, 7) is -0.145. The monoisotopic (exact) mass is 237 g/mol. The zero-order valence-corrected chi connectivity index (χ0v) is 9.53. The number of nitrogens with one attached hydrogen (secondary N) is 2. The summed E-state index contributed by atoms with van der Waals surface area (Å²) in [4.78, 5) is 22.0. The largest absolute Gasteiger partial charge is 0.484 e. The first-order valence-electron chi connectivity index (χ1n) is 5.09. The van der Waals surface area contributed by atoms with Crippen molar-refractivity contribution in [2.45, 2.75) is 0 Å². The van der Waals surface area contributed by atoms with Gasteiger partial charge < -0.3 is 21.1 Å². The Labute approximate surface area is 99.1 Å². The second-order valence-corrected chi connectivity index (χ2v) is 3.24. The van der Waals surface area contributed by atoms with Crippen LogP contribution in [0.1, 0.15) is 0 Å². The van der Waals surface area contributed by atoms with Gasteiger partial charge in [-0.2, -0.15) is 0 Å². The van der Waals surface area contributed by atoms with Crippen LogP contribution >= 0.6 is 0 Å². The van der Waals surface area contributed by atoms with Crippen molar-refractivity contribution in [2.24, 2.45) is 5.73 Å². The second-order valence-electron chi connectivity index (χ2n) is 3.24. The van der Waals surface area contributed by atoms with Gasteiger partial charge in [-0.25, -0.2) is 0 Å². The predicted octanol–water partition coefficient (Wildman–Crippen LogP) is -0.291. The van der Waals surface area contributed by atoms with Gasteiger partial charge in [-0.3, -0.25) is 9.59 Å². The minimum absolute atomic E-state index is 0.0647. The van der Waals surface area contributed by atoms with Crippen molar-refractivity contribution < 1.29 is 14.3 Å². The maximum absolute atomic E-state index is 11.1. The summed E-state index contributed by atoms with van der Waals surface area (Å²) < 4.78 is 5.22. The fourth-order valence-electron chi connectivity index (χ4n) is 1.10. The van der Waals surface area contributed by atoms with E-state index in [-0.39, 0.29) is 25.0 Å². The van der Waals surface area contributed by atoms with Crippen molar-refractivity contribution in [3.05, 3.63) is 24.3 Å². The lowest BCUT2D eigenvalue weighted by molar-refractivity contribution is -0.122. The Kier molecular flexibility index (Phi) is 4.96. The van der Waals surface area contributed by atoms with Crippen molar-refractivity contribution >= 4 is 17.5 Å². The van der Waals surface area contributed by atoms with Gasteiger partial charge in [0, 0.05) is 18.8 Å². The Balaban J connectivity index is 2.59. The molecule has 6 nitrogen and oxygen atoms in total. The van der Waals surface area contributed by atoms with Crippen LogP contribution < -0.4 is 21.1 Å². The first-order valence-corrected chi connectivity index (χ1v) is 5.09. The predicted molar refractivity (Wildman–Crippen MR) is 63.7 cm³/mol. The summed E-state index contributed by atoms with van der Waals surface area (Å²) in [5.74, 6) is -0.00160. The van der Waals surface area contributed by atoms with Crippen molar-refractivity contribution in [2.75, 3.05) is 25.5 Å². The third-order valence-corrected chi connectivity index (χ3v) is 1.95.